The first kappa shape index (κ1) is 13.2. The molecule has 0 bridgehead atoms. The largest absolute Gasteiger partial charge is 0.123 e. The van der Waals surface area contributed by atoms with Crippen molar-refractivity contribution in [1.82, 2.24) is 0 Å². The molecule has 0 heterocycles. The van der Waals surface area contributed by atoms with Gasteiger partial charge < -0.3 is 0 Å². The Kier molecular flexibility index (Phi) is 4.34. The molecular weight excluding hydrogens is 250 g/mol. The van der Waals surface area contributed by atoms with Gasteiger partial charge in [0.05, 0.1) is 10.0 Å². The van der Waals surface area contributed by atoms with Crippen molar-refractivity contribution in [2.45, 2.75) is 38.0 Å². The zero-order chi connectivity index (χ0) is 11.6. The topological polar surface area (TPSA) is 0 Å². The van der Waals surface area contributed by atoms with Crippen molar-refractivity contribution in [3.05, 3.63) is 33.8 Å². The third-order valence-corrected chi connectivity index (χ3v) is 3.39. The smallest absolute Gasteiger partial charge is 0.0595 e. The van der Waals surface area contributed by atoms with Crippen LogP contribution in [0.4, 0.5) is 0 Å². The predicted octanol–water partition coefficient (Wildman–Crippen LogP) is 5.29. The zero-order valence-corrected chi connectivity index (χ0v) is 11.4. The average Bonchev–Trinajstić information content (AvgIpc) is 2.07. The van der Waals surface area contributed by atoms with Gasteiger partial charge in [0.2, 0.25) is 0 Å². The summed E-state index contributed by atoms with van der Waals surface area (Å²) >= 11 is 17.9. The lowest BCUT2D eigenvalue weighted by Crippen LogP contribution is -2.20. The summed E-state index contributed by atoms with van der Waals surface area (Å²) in [4.78, 5) is 0. The van der Waals surface area contributed by atoms with E-state index in [0.29, 0.717) is 10.0 Å². The number of halogens is 3. The van der Waals surface area contributed by atoms with E-state index in [2.05, 4.69) is 13.8 Å². The van der Waals surface area contributed by atoms with Gasteiger partial charge in [-0.05, 0) is 36.5 Å². The molecule has 1 unspecified atom stereocenters. The van der Waals surface area contributed by atoms with Crippen LogP contribution in [0.3, 0.4) is 0 Å². The number of hydrogen-bond donors (Lipinski definition) is 0. The maximum absolute atomic E-state index is 6.02. The minimum absolute atomic E-state index is 0.0232. The molecule has 0 nitrogen and oxygen atoms in total. The first-order chi connectivity index (χ1) is 6.83. The van der Waals surface area contributed by atoms with Gasteiger partial charge in [0.15, 0.2) is 0 Å². The molecule has 3 heteroatoms. The molecule has 1 atom stereocenters. The average molecular weight is 266 g/mol. The zero-order valence-electron chi connectivity index (χ0n) is 9.15. The fourth-order valence-electron chi connectivity index (χ4n) is 1.74. The molecule has 0 saturated heterocycles. The highest BCUT2D eigenvalue weighted by Gasteiger charge is 2.23. The monoisotopic (exact) mass is 264 g/mol. The summed E-state index contributed by atoms with van der Waals surface area (Å²) < 4.78 is 0. The molecule has 0 aliphatic heterocycles. The highest BCUT2D eigenvalue weighted by Crippen LogP contribution is 2.33. The van der Waals surface area contributed by atoms with Crippen LogP contribution in [-0.2, 0) is 5.41 Å². The molecule has 1 aromatic rings. The van der Waals surface area contributed by atoms with E-state index in [-0.39, 0.29) is 10.8 Å². The van der Waals surface area contributed by atoms with Crippen molar-refractivity contribution in [2.75, 3.05) is 0 Å². The number of alkyl halides is 1. The Labute approximate surface area is 107 Å². The number of rotatable bonds is 3. The van der Waals surface area contributed by atoms with Crippen LogP contribution in [0.1, 0.15) is 32.8 Å². The first-order valence-electron chi connectivity index (χ1n) is 4.92. The van der Waals surface area contributed by atoms with Crippen molar-refractivity contribution < 1.29 is 0 Å². The van der Waals surface area contributed by atoms with Gasteiger partial charge in [-0.15, -0.1) is 11.6 Å². The molecule has 0 saturated carbocycles. The highest BCUT2D eigenvalue weighted by atomic mass is 35.5. The van der Waals surface area contributed by atoms with Crippen molar-refractivity contribution >= 4 is 34.8 Å². The van der Waals surface area contributed by atoms with E-state index >= 15 is 0 Å². The van der Waals surface area contributed by atoms with E-state index in [1.165, 1.54) is 5.56 Å². The maximum atomic E-state index is 6.02. The maximum Gasteiger partial charge on any atom is 0.0595 e. The van der Waals surface area contributed by atoms with Gasteiger partial charge in [-0.2, -0.15) is 0 Å². The van der Waals surface area contributed by atoms with Crippen LogP contribution >= 0.6 is 34.8 Å². The number of hydrogen-bond acceptors (Lipinski definition) is 0. The molecule has 0 aliphatic carbocycles. The van der Waals surface area contributed by atoms with Crippen molar-refractivity contribution in [1.29, 1.82) is 0 Å². The van der Waals surface area contributed by atoms with Crippen LogP contribution in [-0.4, -0.2) is 5.38 Å². The Bertz CT molecular complexity index is 343. The summed E-state index contributed by atoms with van der Waals surface area (Å²) in [6.07, 6.45) is 0.909. The van der Waals surface area contributed by atoms with Crippen LogP contribution < -0.4 is 0 Å². The van der Waals surface area contributed by atoms with Crippen LogP contribution in [0.15, 0.2) is 18.2 Å². The molecule has 1 rings (SSSR count). The number of benzene rings is 1. The predicted molar refractivity (Wildman–Crippen MR) is 69.4 cm³/mol. The fourth-order valence-corrected chi connectivity index (χ4v) is 2.42. The summed E-state index contributed by atoms with van der Waals surface area (Å²) in [6, 6.07) is 5.76. The minimum Gasteiger partial charge on any atom is -0.123 e. The Morgan fingerprint density at radius 2 is 1.80 bits per heavy atom. The molecule has 0 amide bonds. The first-order valence-corrected chi connectivity index (χ1v) is 6.12. The lowest BCUT2D eigenvalue weighted by Gasteiger charge is -2.26. The Balaban J connectivity index is 2.99. The third kappa shape index (κ3) is 3.55. The van der Waals surface area contributed by atoms with E-state index < -0.39 is 0 Å². The fraction of sp³-hybridized carbons (Fsp3) is 0.500. The molecule has 0 fully saturated rings. The van der Waals surface area contributed by atoms with Gasteiger partial charge in [-0.1, -0.05) is 43.1 Å². The van der Waals surface area contributed by atoms with Gasteiger partial charge in [0.1, 0.15) is 0 Å². The second kappa shape index (κ2) is 4.95. The van der Waals surface area contributed by atoms with E-state index in [1.807, 2.05) is 25.1 Å². The molecule has 84 valence electrons. The van der Waals surface area contributed by atoms with Crippen LogP contribution in [0.25, 0.3) is 0 Å². The quantitative estimate of drug-likeness (QED) is 0.652. The Morgan fingerprint density at radius 1 is 1.20 bits per heavy atom. The standard InChI is InChI=1S/C12H15Cl3/c1-8(13)7-12(2,3)9-4-5-10(14)11(15)6-9/h4-6,8H,7H2,1-3H3. The van der Waals surface area contributed by atoms with Crippen molar-refractivity contribution in [3.8, 4) is 0 Å². The molecule has 1 aromatic carbocycles. The van der Waals surface area contributed by atoms with Crippen LogP contribution in [0.2, 0.25) is 10.0 Å². The molecular formula is C12H15Cl3. The molecule has 0 aliphatic rings. The van der Waals surface area contributed by atoms with Gasteiger partial charge in [-0.3, -0.25) is 0 Å². The van der Waals surface area contributed by atoms with Crippen LogP contribution in [0, 0.1) is 0 Å². The lowest BCUT2D eigenvalue weighted by atomic mass is 9.81. The lowest BCUT2D eigenvalue weighted by molar-refractivity contribution is 0.477. The SMILES string of the molecule is CC(Cl)CC(C)(C)c1ccc(Cl)c(Cl)c1. The third-order valence-electron chi connectivity index (χ3n) is 2.49. The van der Waals surface area contributed by atoms with E-state index in [4.69, 9.17) is 34.8 Å². The van der Waals surface area contributed by atoms with Gasteiger partial charge in [-0.25, -0.2) is 0 Å². The normalized spacial score (nSPS) is 14.0. The summed E-state index contributed by atoms with van der Waals surface area (Å²) in [6.45, 7) is 6.32. The van der Waals surface area contributed by atoms with Gasteiger partial charge in [0, 0.05) is 5.38 Å². The molecule has 0 radical (unpaired) electrons. The van der Waals surface area contributed by atoms with Gasteiger partial charge in [0.25, 0.3) is 0 Å². The van der Waals surface area contributed by atoms with E-state index in [0.717, 1.165) is 6.42 Å². The second-order valence-electron chi connectivity index (χ2n) is 4.50. The van der Waals surface area contributed by atoms with E-state index in [1.54, 1.807) is 0 Å². The highest BCUT2D eigenvalue weighted by molar-refractivity contribution is 6.42. The van der Waals surface area contributed by atoms with E-state index in [9.17, 15) is 0 Å². The summed E-state index contributed by atoms with van der Waals surface area (Å²) in [5.74, 6) is 0. The summed E-state index contributed by atoms with van der Waals surface area (Å²) in [7, 11) is 0. The Morgan fingerprint density at radius 3 is 2.27 bits per heavy atom. The molecule has 0 N–H and O–H groups in total. The van der Waals surface area contributed by atoms with Crippen molar-refractivity contribution in [3.63, 3.8) is 0 Å². The molecule has 0 aromatic heterocycles. The minimum atomic E-state index is 0.0232. The van der Waals surface area contributed by atoms with Crippen LogP contribution in [0.5, 0.6) is 0 Å². The van der Waals surface area contributed by atoms with Crippen molar-refractivity contribution in [2.24, 2.45) is 0 Å². The summed E-state index contributed by atoms with van der Waals surface area (Å²) in [5.41, 5.74) is 1.19. The second-order valence-corrected chi connectivity index (χ2v) is 6.06. The molecule has 0 spiro atoms. The molecule has 15 heavy (non-hydrogen) atoms. The summed E-state index contributed by atoms with van der Waals surface area (Å²) in [5, 5.41) is 1.34. The Hall–Kier alpha value is 0.0900. The van der Waals surface area contributed by atoms with Gasteiger partial charge >= 0.3 is 0 Å².